The molecule has 0 unspecified atom stereocenters. The van der Waals surface area contributed by atoms with Crippen LogP contribution in [-0.4, -0.2) is 52.8 Å². The van der Waals surface area contributed by atoms with Crippen LogP contribution < -0.4 is 14.8 Å². The molecule has 0 saturated carbocycles. The van der Waals surface area contributed by atoms with Crippen molar-refractivity contribution in [3.8, 4) is 22.8 Å². The molecule has 5 rings (SSSR count). The van der Waals surface area contributed by atoms with Gasteiger partial charge in [0.25, 0.3) is 0 Å². The van der Waals surface area contributed by atoms with Crippen molar-refractivity contribution in [2.24, 2.45) is 0 Å². The van der Waals surface area contributed by atoms with Gasteiger partial charge in [0.05, 0.1) is 24.5 Å². The smallest absolute Gasteiger partial charge is 0.245 e. The van der Waals surface area contributed by atoms with Gasteiger partial charge in [0.15, 0.2) is 0 Å². The molecule has 2 aromatic heterocycles. The van der Waals surface area contributed by atoms with E-state index in [-0.39, 0.29) is 0 Å². The third-order valence-electron chi connectivity index (χ3n) is 5.77. The molecule has 0 bridgehead atoms. The maximum Gasteiger partial charge on any atom is 0.245 e. The first kappa shape index (κ1) is 20.3. The van der Waals surface area contributed by atoms with Gasteiger partial charge in [0.2, 0.25) is 5.95 Å². The fourth-order valence-electron chi connectivity index (χ4n) is 4.08. The molecule has 1 aliphatic heterocycles. The first-order valence-electron chi connectivity index (χ1n) is 11.0. The molecule has 3 heterocycles. The average molecular weight is 430 g/mol. The summed E-state index contributed by atoms with van der Waals surface area (Å²) >= 11 is 0. The lowest BCUT2D eigenvalue weighted by Gasteiger charge is -2.15. The molecule has 1 fully saturated rings. The van der Waals surface area contributed by atoms with Gasteiger partial charge in [-0.3, -0.25) is 4.90 Å². The van der Waals surface area contributed by atoms with Crippen LogP contribution >= 0.6 is 0 Å². The van der Waals surface area contributed by atoms with Gasteiger partial charge in [0.1, 0.15) is 18.1 Å². The molecular weight excluding hydrogens is 402 g/mol. The van der Waals surface area contributed by atoms with Crippen molar-refractivity contribution in [3.05, 3.63) is 66.9 Å². The Morgan fingerprint density at radius 1 is 0.969 bits per heavy atom. The SMILES string of the molecule is COc1ccccc1-c1ccc2cnc(Nc3ccc(OCCN4CCCC4)cc3)nn12. The highest BCUT2D eigenvalue weighted by molar-refractivity contribution is 5.72. The summed E-state index contributed by atoms with van der Waals surface area (Å²) in [4.78, 5) is 6.91. The van der Waals surface area contributed by atoms with Crippen molar-refractivity contribution < 1.29 is 9.47 Å². The Hall–Kier alpha value is -3.58. The molecule has 0 spiro atoms. The van der Waals surface area contributed by atoms with Gasteiger partial charge in [-0.15, -0.1) is 5.10 Å². The number of hydrogen-bond donors (Lipinski definition) is 1. The highest BCUT2D eigenvalue weighted by atomic mass is 16.5. The summed E-state index contributed by atoms with van der Waals surface area (Å²) in [6.45, 7) is 4.08. The number of fused-ring (bicyclic) bond motifs is 1. The zero-order chi connectivity index (χ0) is 21.8. The van der Waals surface area contributed by atoms with E-state index in [1.54, 1.807) is 7.11 Å². The quantitative estimate of drug-likeness (QED) is 0.441. The second-order valence-corrected chi connectivity index (χ2v) is 7.88. The summed E-state index contributed by atoms with van der Waals surface area (Å²) in [6.07, 6.45) is 4.42. The lowest BCUT2D eigenvalue weighted by Crippen LogP contribution is -2.25. The fraction of sp³-hybridized carbons (Fsp3) is 0.280. The van der Waals surface area contributed by atoms with Crippen LogP contribution in [0.3, 0.4) is 0 Å². The minimum absolute atomic E-state index is 0.521. The van der Waals surface area contributed by atoms with E-state index in [1.807, 2.05) is 71.4 Å². The lowest BCUT2D eigenvalue weighted by molar-refractivity contribution is 0.238. The first-order valence-corrected chi connectivity index (χ1v) is 11.0. The Labute approximate surface area is 187 Å². The van der Waals surface area contributed by atoms with Gasteiger partial charge in [-0.25, -0.2) is 9.50 Å². The summed E-state index contributed by atoms with van der Waals surface area (Å²) < 4.78 is 13.3. The average Bonchev–Trinajstić information content (AvgIpc) is 3.50. The number of ether oxygens (including phenoxy) is 2. The highest BCUT2D eigenvalue weighted by Crippen LogP contribution is 2.30. The Morgan fingerprint density at radius 2 is 1.78 bits per heavy atom. The fourth-order valence-corrected chi connectivity index (χ4v) is 4.08. The molecule has 164 valence electrons. The van der Waals surface area contributed by atoms with Gasteiger partial charge < -0.3 is 14.8 Å². The molecule has 1 saturated heterocycles. The number of nitrogens with one attached hydrogen (secondary N) is 1. The second-order valence-electron chi connectivity index (χ2n) is 7.88. The minimum atomic E-state index is 0.521. The molecule has 4 aromatic rings. The van der Waals surface area contributed by atoms with E-state index in [0.717, 1.165) is 40.5 Å². The largest absolute Gasteiger partial charge is 0.496 e. The van der Waals surface area contributed by atoms with Crippen LogP contribution in [0.15, 0.2) is 66.9 Å². The molecule has 0 amide bonds. The van der Waals surface area contributed by atoms with Crippen molar-refractivity contribution in [1.29, 1.82) is 0 Å². The number of aromatic nitrogens is 3. The van der Waals surface area contributed by atoms with E-state index < -0.39 is 0 Å². The number of anilines is 2. The van der Waals surface area contributed by atoms with Gasteiger partial charge in [-0.1, -0.05) is 12.1 Å². The number of para-hydroxylation sites is 1. The number of methoxy groups -OCH3 is 1. The van der Waals surface area contributed by atoms with Crippen molar-refractivity contribution in [3.63, 3.8) is 0 Å². The third kappa shape index (κ3) is 4.38. The second kappa shape index (κ2) is 9.28. The molecule has 2 aromatic carbocycles. The molecular formula is C25H27N5O2. The van der Waals surface area contributed by atoms with E-state index in [1.165, 1.54) is 25.9 Å². The number of hydrogen-bond acceptors (Lipinski definition) is 6. The third-order valence-corrected chi connectivity index (χ3v) is 5.77. The maximum absolute atomic E-state index is 5.89. The molecule has 32 heavy (non-hydrogen) atoms. The summed E-state index contributed by atoms with van der Waals surface area (Å²) in [7, 11) is 1.68. The molecule has 1 N–H and O–H groups in total. The zero-order valence-corrected chi connectivity index (χ0v) is 18.2. The topological polar surface area (TPSA) is 63.9 Å². The number of likely N-dealkylation sites (tertiary alicyclic amines) is 1. The minimum Gasteiger partial charge on any atom is -0.496 e. The van der Waals surface area contributed by atoms with Gasteiger partial charge in [-0.05, 0) is 74.5 Å². The monoisotopic (exact) mass is 429 g/mol. The molecule has 7 nitrogen and oxygen atoms in total. The molecule has 7 heteroatoms. The van der Waals surface area contributed by atoms with E-state index in [2.05, 4.69) is 15.2 Å². The van der Waals surface area contributed by atoms with Crippen LogP contribution in [0.25, 0.3) is 16.8 Å². The van der Waals surface area contributed by atoms with E-state index in [9.17, 15) is 0 Å². The van der Waals surface area contributed by atoms with E-state index >= 15 is 0 Å². The molecule has 0 aliphatic carbocycles. The molecule has 0 radical (unpaired) electrons. The van der Waals surface area contributed by atoms with Crippen LogP contribution in [0, 0.1) is 0 Å². The molecule has 0 atom stereocenters. The zero-order valence-electron chi connectivity index (χ0n) is 18.2. The van der Waals surface area contributed by atoms with Gasteiger partial charge >= 0.3 is 0 Å². The highest BCUT2D eigenvalue weighted by Gasteiger charge is 2.12. The van der Waals surface area contributed by atoms with Gasteiger partial charge in [-0.2, -0.15) is 0 Å². The van der Waals surface area contributed by atoms with Crippen molar-refractivity contribution in [2.75, 3.05) is 38.7 Å². The predicted molar refractivity (Wildman–Crippen MR) is 126 cm³/mol. The summed E-state index contributed by atoms with van der Waals surface area (Å²) in [5, 5.41) is 7.98. The standard InChI is InChI=1S/C25H27N5O2/c1-31-24-7-3-2-6-22(24)23-13-10-20-18-26-25(28-30(20)23)27-19-8-11-21(12-9-19)32-17-16-29-14-4-5-15-29/h2-3,6-13,18H,4-5,14-17H2,1H3,(H,27,28). The van der Waals surface area contributed by atoms with Crippen LogP contribution in [0.2, 0.25) is 0 Å². The van der Waals surface area contributed by atoms with Crippen LogP contribution in [0.4, 0.5) is 11.6 Å². The normalized spacial score (nSPS) is 14.0. The Balaban J connectivity index is 1.29. The molecule has 1 aliphatic rings. The first-order chi connectivity index (χ1) is 15.8. The Kier molecular flexibility index (Phi) is 5.89. The van der Waals surface area contributed by atoms with Gasteiger partial charge in [0, 0.05) is 17.8 Å². The lowest BCUT2D eigenvalue weighted by atomic mass is 10.1. The van der Waals surface area contributed by atoms with Crippen LogP contribution in [0.1, 0.15) is 12.8 Å². The van der Waals surface area contributed by atoms with E-state index in [4.69, 9.17) is 14.6 Å². The Morgan fingerprint density at radius 3 is 2.59 bits per heavy atom. The summed E-state index contributed by atoms with van der Waals surface area (Å²) in [5.74, 6) is 2.20. The van der Waals surface area contributed by atoms with E-state index in [0.29, 0.717) is 12.6 Å². The van der Waals surface area contributed by atoms with Crippen molar-refractivity contribution in [2.45, 2.75) is 12.8 Å². The number of benzene rings is 2. The van der Waals surface area contributed by atoms with Crippen LogP contribution in [-0.2, 0) is 0 Å². The predicted octanol–water partition coefficient (Wildman–Crippen LogP) is 4.62. The maximum atomic E-state index is 5.89. The van der Waals surface area contributed by atoms with Crippen molar-refractivity contribution >= 4 is 17.2 Å². The summed E-state index contributed by atoms with van der Waals surface area (Å²) in [6, 6.07) is 19.9. The van der Waals surface area contributed by atoms with Crippen molar-refractivity contribution in [1.82, 2.24) is 19.5 Å². The number of rotatable bonds is 8. The summed E-state index contributed by atoms with van der Waals surface area (Å²) in [5.41, 5.74) is 3.75. The Bertz CT molecular complexity index is 1180. The number of nitrogens with zero attached hydrogens (tertiary/aromatic N) is 4. The van der Waals surface area contributed by atoms with Crippen LogP contribution in [0.5, 0.6) is 11.5 Å².